The van der Waals surface area contributed by atoms with Gasteiger partial charge in [0.25, 0.3) is 0 Å². The molecule has 0 spiro atoms. The van der Waals surface area contributed by atoms with Crippen LogP contribution in [0.4, 0.5) is 5.82 Å². The van der Waals surface area contributed by atoms with Crippen LogP contribution in [0, 0.1) is 0 Å². The summed E-state index contributed by atoms with van der Waals surface area (Å²) in [5, 5.41) is 2.97. The van der Waals surface area contributed by atoms with Crippen molar-refractivity contribution in [2.45, 2.75) is 17.7 Å². The predicted octanol–water partition coefficient (Wildman–Crippen LogP) is 3.27. The number of aromatic nitrogens is 1. The van der Waals surface area contributed by atoms with Gasteiger partial charge in [-0.25, -0.2) is 9.78 Å². The highest BCUT2D eigenvalue weighted by molar-refractivity contribution is 7.97. The molecule has 148 valence electrons. The predicted molar refractivity (Wildman–Crippen MR) is 112 cm³/mol. The van der Waals surface area contributed by atoms with E-state index in [1.54, 1.807) is 40.0 Å². The van der Waals surface area contributed by atoms with E-state index in [1.165, 1.54) is 11.9 Å². The van der Waals surface area contributed by atoms with Crippen molar-refractivity contribution in [1.29, 1.82) is 0 Å². The lowest BCUT2D eigenvalue weighted by Crippen LogP contribution is -2.38. The molecule has 1 aliphatic rings. The van der Waals surface area contributed by atoms with E-state index in [1.807, 2.05) is 43.6 Å². The third kappa shape index (κ3) is 4.92. The van der Waals surface area contributed by atoms with Gasteiger partial charge in [-0.15, -0.1) is 16.4 Å². The van der Waals surface area contributed by atoms with Crippen LogP contribution in [0.5, 0.6) is 0 Å². The first kappa shape index (κ1) is 20.4. The Bertz CT molecular complexity index is 867. The maximum absolute atomic E-state index is 13.2. The molecular weight excluding hydrogens is 396 g/mol. The van der Waals surface area contributed by atoms with E-state index in [9.17, 15) is 9.59 Å². The molecule has 0 N–H and O–H groups in total. The maximum Gasteiger partial charge on any atom is 0.333 e. The highest BCUT2D eigenvalue weighted by Gasteiger charge is 2.30. The number of thiophene rings is 1. The zero-order valence-electron chi connectivity index (χ0n) is 16.0. The number of amides is 1. The van der Waals surface area contributed by atoms with E-state index in [0.717, 1.165) is 21.4 Å². The molecule has 2 aromatic rings. The van der Waals surface area contributed by atoms with Crippen LogP contribution in [0.3, 0.4) is 0 Å². The third-order valence-electron chi connectivity index (χ3n) is 3.94. The molecule has 7 nitrogen and oxygen atoms in total. The number of carbonyl (C=O) groups is 2. The SMILES string of the molecule is CN(C)CCCC(=O)ON(C(=O)C1=Cc2sccc2SN1C)c1ccccn1. The number of nitrogens with zero attached hydrogens (tertiary/aromatic N) is 4. The number of likely N-dealkylation sites (N-methyl/N-ethyl adjacent to an activating group) is 1. The summed E-state index contributed by atoms with van der Waals surface area (Å²) in [6, 6.07) is 7.14. The van der Waals surface area contributed by atoms with Gasteiger partial charge in [-0.2, -0.15) is 0 Å². The second-order valence-corrected chi connectivity index (χ2v) is 8.54. The Morgan fingerprint density at radius 3 is 2.79 bits per heavy atom. The molecule has 9 heteroatoms. The lowest BCUT2D eigenvalue weighted by atomic mass is 10.3. The molecule has 1 amide bonds. The Kier molecular flexibility index (Phi) is 6.71. The van der Waals surface area contributed by atoms with Crippen LogP contribution in [0.1, 0.15) is 17.7 Å². The summed E-state index contributed by atoms with van der Waals surface area (Å²) in [6.07, 6.45) is 4.23. The maximum atomic E-state index is 13.2. The van der Waals surface area contributed by atoms with Crippen molar-refractivity contribution >= 4 is 47.1 Å². The van der Waals surface area contributed by atoms with E-state index in [0.29, 0.717) is 12.1 Å². The van der Waals surface area contributed by atoms with Gasteiger partial charge in [-0.1, -0.05) is 6.07 Å². The lowest BCUT2D eigenvalue weighted by Gasteiger charge is -2.28. The van der Waals surface area contributed by atoms with Crippen LogP contribution in [-0.4, -0.2) is 53.8 Å². The van der Waals surface area contributed by atoms with Gasteiger partial charge in [-0.3, -0.25) is 4.79 Å². The van der Waals surface area contributed by atoms with Gasteiger partial charge in [-0.05, 0) is 68.7 Å². The fraction of sp³-hybridized carbons (Fsp3) is 0.316. The number of hydroxylamine groups is 1. The molecule has 0 aliphatic carbocycles. The second-order valence-electron chi connectivity index (χ2n) is 6.43. The van der Waals surface area contributed by atoms with Crippen LogP contribution >= 0.6 is 23.3 Å². The van der Waals surface area contributed by atoms with E-state index in [2.05, 4.69) is 4.98 Å². The number of hydrogen-bond acceptors (Lipinski definition) is 8. The molecule has 0 aromatic carbocycles. The van der Waals surface area contributed by atoms with Crippen LogP contribution in [0.25, 0.3) is 6.08 Å². The average molecular weight is 419 g/mol. The molecule has 0 atom stereocenters. The molecule has 0 unspecified atom stereocenters. The van der Waals surface area contributed by atoms with Gasteiger partial charge in [0.1, 0.15) is 5.70 Å². The summed E-state index contributed by atoms with van der Waals surface area (Å²) in [7, 11) is 5.69. The van der Waals surface area contributed by atoms with E-state index in [-0.39, 0.29) is 12.2 Å². The second kappa shape index (κ2) is 9.22. The quantitative estimate of drug-likeness (QED) is 0.527. The Morgan fingerprint density at radius 2 is 2.07 bits per heavy atom. The van der Waals surface area contributed by atoms with Crippen molar-refractivity contribution in [3.8, 4) is 0 Å². The summed E-state index contributed by atoms with van der Waals surface area (Å²) in [4.78, 5) is 39.3. The van der Waals surface area contributed by atoms with Crippen molar-refractivity contribution < 1.29 is 14.4 Å². The number of anilines is 1. The summed E-state index contributed by atoms with van der Waals surface area (Å²) < 4.78 is 1.77. The fourth-order valence-electron chi connectivity index (χ4n) is 2.56. The van der Waals surface area contributed by atoms with Gasteiger partial charge < -0.3 is 14.0 Å². The lowest BCUT2D eigenvalue weighted by molar-refractivity contribution is -0.150. The third-order valence-corrected chi connectivity index (χ3v) is 5.96. The Labute approximate surface area is 172 Å². The average Bonchev–Trinajstić information content (AvgIpc) is 3.12. The number of rotatable bonds is 6. The van der Waals surface area contributed by atoms with E-state index < -0.39 is 11.9 Å². The number of pyridine rings is 1. The minimum atomic E-state index is -0.468. The summed E-state index contributed by atoms with van der Waals surface area (Å²) in [6.45, 7) is 0.762. The highest BCUT2D eigenvalue weighted by atomic mass is 32.2. The zero-order chi connectivity index (χ0) is 20.1. The first-order chi connectivity index (χ1) is 13.5. The first-order valence-electron chi connectivity index (χ1n) is 8.77. The van der Waals surface area contributed by atoms with Gasteiger partial charge in [0.2, 0.25) is 0 Å². The van der Waals surface area contributed by atoms with E-state index in [4.69, 9.17) is 4.84 Å². The Balaban J connectivity index is 1.81. The van der Waals surface area contributed by atoms with Crippen molar-refractivity contribution in [3.63, 3.8) is 0 Å². The van der Waals surface area contributed by atoms with Gasteiger partial charge in [0.05, 0.1) is 0 Å². The van der Waals surface area contributed by atoms with Crippen molar-refractivity contribution in [1.82, 2.24) is 14.2 Å². The van der Waals surface area contributed by atoms with Crippen LogP contribution in [-0.2, 0) is 14.4 Å². The number of carbonyl (C=O) groups excluding carboxylic acids is 2. The summed E-state index contributed by atoms with van der Waals surface area (Å²) in [5.74, 6) is -0.636. The smallest absolute Gasteiger partial charge is 0.331 e. The topological polar surface area (TPSA) is 66.0 Å². The molecule has 0 saturated heterocycles. The van der Waals surface area contributed by atoms with Gasteiger partial charge >= 0.3 is 11.9 Å². The standard InChI is InChI=1S/C19H22N4O3S2/c1-21(2)11-6-8-18(24)26-23(17-7-4-5-10-20-17)19(25)14-13-16-15(9-12-27-16)28-22(14)3/h4-5,7,9-10,12-13H,6,8,11H2,1-3H3. The first-order valence-corrected chi connectivity index (χ1v) is 10.4. The zero-order valence-corrected chi connectivity index (χ0v) is 17.6. The molecule has 0 saturated carbocycles. The molecular formula is C19H22N4O3S2. The largest absolute Gasteiger partial charge is 0.333 e. The molecule has 28 heavy (non-hydrogen) atoms. The summed E-state index contributed by atoms with van der Waals surface area (Å²) in [5.41, 5.74) is 0.423. The molecule has 0 radical (unpaired) electrons. The minimum Gasteiger partial charge on any atom is -0.331 e. The Morgan fingerprint density at radius 1 is 1.25 bits per heavy atom. The van der Waals surface area contributed by atoms with Crippen LogP contribution < -0.4 is 5.06 Å². The molecule has 0 bridgehead atoms. The van der Waals surface area contributed by atoms with Crippen molar-refractivity contribution in [2.75, 3.05) is 32.8 Å². The van der Waals surface area contributed by atoms with Crippen LogP contribution in [0.2, 0.25) is 0 Å². The Hall–Kier alpha value is -2.36. The van der Waals surface area contributed by atoms with Gasteiger partial charge in [0, 0.05) is 29.4 Å². The van der Waals surface area contributed by atoms with Crippen molar-refractivity contribution in [2.24, 2.45) is 0 Å². The van der Waals surface area contributed by atoms with Crippen LogP contribution in [0.15, 0.2) is 46.4 Å². The monoisotopic (exact) mass is 418 g/mol. The highest BCUT2D eigenvalue weighted by Crippen LogP contribution is 2.38. The number of fused-ring (bicyclic) bond motifs is 1. The molecule has 2 aromatic heterocycles. The summed E-state index contributed by atoms with van der Waals surface area (Å²) >= 11 is 3.03. The normalized spacial score (nSPS) is 13.1. The fourth-order valence-corrected chi connectivity index (χ4v) is 4.41. The molecule has 1 aliphatic heterocycles. The number of hydrogen-bond donors (Lipinski definition) is 0. The van der Waals surface area contributed by atoms with E-state index >= 15 is 0 Å². The minimum absolute atomic E-state index is 0.216. The molecule has 0 fully saturated rings. The van der Waals surface area contributed by atoms with Crippen molar-refractivity contribution in [3.05, 3.63) is 46.4 Å². The molecule has 3 rings (SSSR count). The molecule has 3 heterocycles. The van der Waals surface area contributed by atoms with Gasteiger partial charge in [0.15, 0.2) is 5.82 Å².